The summed E-state index contributed by atoms with van der Waals surface area (Å²) in [6.07, 6.45) is -3.48. The average molecular weight is 498 g/mol. The molecule has 2 aliphatic rings. The highest BCUT2D eigenvalue weighted by Gasteiger charge is 2.33. The topological polar surface area (TPSA) is 67.2 Å². The summed E-state index contributed by atoms with van der Waals surface area (Å²) in [4.78, 5) is 17.6. The third-order valence-electron chi connectivity index (χ3n) is 5.69. The standard InChI is InChI=1S/C22H26F3N3OS.C2H4O2/c23-22(24,25)17-6-7-21-19(16-17)28(18-4-1-2-5-20(18)30-21)9-3-8-26-10-12-27(13-11-26)14-15-29;1-2(3)4/h1-2,4-7,16,29H,3,8-15H2;1H3,(H,3,4). The van der Waals surface area contributed by atoms with E-state index in [1.54, 1.807) is 6.07 Å². The molecule has 0 aliphatic carbocycles. The highest BCUT2D eigenvalue weighted by atomic mass is 32.2. The van der Waals surface area contributed by atoms with Gasteiger partial charge >= 0.3 is 6.18 Å². The number of piperazine rings is 1. The SMILES string of the molecule is CC(=O)O.OCCN1CCN(CCCN2c3ccccc3Sc3ccc(C(F)(F)F)cc32)CC1. The normalized spacial score (nSPS) is 16.3. The average Bonchev–Trinajstić information content (AvgIpc) is 2.78. The second-order valence-electron chi connectivity index (χ2n) is 8.18. The van der Waals surface area contributed by atoms with Gasteiger partial charge in [0.2, 0.25) is 0 Å². The molecule has 6 nitrogen and oxygen atoms in total. The van der Waals surface area contributed by atoms with Gasteiger partial charge in [0.1, 0.15) is 0 Å². The van der Waals surface area contributed by atoms with E-state index in [9.17, 15) is 13.2 Å². The zero-order valence-corrected chi connectivity index (χ0v) is 19.9. The van der Waals surface area contributed by atoms with Crippen molar-refractivity contribution in [3.8, 4) is 0 Å². The summed E-state index contributed by atoms with van der Waals surface area (Å²) in [5, 5.41) is 16.5. The van der Waals surface area contributed by atoms with E-state index in [1.165, 1.54) is 23.9 Å². The van der Waals surface area contributed by atoms with Crippen LogP contribution in [0.4, 0.5) is 24.5 Å². The molecule has 0 bridgehead atoms. The fourth-order valence-corrected chi connectivity index (χ4v) is 5.15. The number of aliphatic carboxylic acids is 1. The molecule has 2 heterocycles. The van der Waals surface area contributed by atoms with Crippen LogP contribution < -0.4 is 4.90 Å². The summed E-state index contributed by atoms with van der Waals surface area (Å²) in [6.45, 7) is 7.38. The van der Waals surface area contributed by atoms with Crippen LogP contribution in [0.2, 0.25) is 0 Å². The van der Waals surface area contributed by atoms with E-state index in [1.807, 2.05) is 29.2 Å². The van der Waals surface area contributed by atoms with Crippen molar-refractivity contribution in [3.05, 3.63) is 48.0 Å². The van der Waals surface area contributed by atoms with E-state index in [4.69, 9.17) is 15.0 Å². The zero-order valence-electron chi connectivity index (χ0n) is 19.1. The maximum atomic E-state index is 13.3. The lowest BCUT2D eigenvalue weighted by molar-refractivity contribution is -0.137. The van der Waals surface area contributed by atoms with Crippen LogP contribution in [-0.2, 0) is 11.0 Å². The Labute approximate surface area is 202 Å². The molecule has 2 aromatic rings. The quantitative estimate of drug-likeness (QED) is 0.613. The Bertz CT molecular complexity index is 962. The Kier molecular flexibility index (Phi) is 9.24. The molecular weight excluding hydrogens is 467 g/mol. The molecule has 0 spiro atoms. The summed E-state index contributed by atoms with van der Waals surface area (Å²) >= 11 is 1.53. The van der Waals surface area contributed by atoms with Crippen LogP contribution in [0.1, 0.15) is 18.9 Å². The highest BCUT2D eigenvalue weighted by Crippen LogP contribution is 2.49. The van der Waals surface area contributed by atoms with Gasteiger partial charge < -0.3 is 20.0 Å². The van der Waals surface area contributed by atoms with E-state index < -0.39 is 17.7 Å². The van der Waals surface area contributed by atoms with E-state index in [0.29, 0.717) is 18.8 Å². The van der Waals surface area contributed by atoms with Crippen molar-refractivity contribution in [3.63, 3.8) is 0 Å². The zero-order chi connectivity index (χ0) is 24.7. The minimum Gasteiger partial charge on any atom is -0.481 e. The number of aliphatic hydroxyl groups is 1. The van der Waals surface area contributed by atoms with Gasteiger partial charge in [0.15, 0.2) is 0 Å². The van der Waals surface area contributed by atoms with Crippen molar-refractivity contribution in [2.24, 2.45) is 0 Å². The number of hydrogen-bond acceptors (Lipinski definition) is 6. The summed E-state index contributed by atoms with van der Waals surface area (Å²) < 4.78 is 39.9. The number of β-amino-alcohol motifs (C(OH)–C–C–N with tert-alkyl or cyclic N) is 1. The molecule has 1 saturated heterocycles. The minimum absolute atomic E-state index is 0.186. The van der Waals surface area contributed by atoms with Gasteiger partial charge in [-0.1, -0.05) is 23.9 Å². The van der Waals surface area contributed by atoms with Crippen LogP contribution >= 0.6 is 11.8 Å². The van der Waals surface area contributed by atoms with Crippen LogP contribution in [0.25, 0.3) is 0 Å². The van der Waals surface area contributed by atoms with Crippen molar-refractivity contribution < 1.29 is 28.2 Å². The molecule has 0 saturated carbocycles. The smallest absolute Gasteiger partial charge is 0.416 e. The molecule has 186 valence electrons. The van der Waals surface area contributed by atoms with Crippen molar-refractivity contribution >= 4 is 29.1 Å². The maximum absolute atomic E-state index is 13.3. The Morgan fingerprint density at radius 1 is 0.941 bits per heavy atom. The van der Waals surface area contributed by atoms with Crippen LogP contribution in [0.15, 0.2) is 52.3 Å². The molecule has 34 heavy (non-hydrogen) atoms. The lowest BCUT2D eigenvalue weighted by Gasteiger charge is -2.36. The molecule has 2 aliphatic heterocycles. The number of para-hydroxylation sites is 1. The van der Waals surface area contributed by atoms with Gasteiger partial charge in [-0.15, -0.1) is 0 Å². The van der Waals surface area contributed by atoms with E-state index >= 15 is 0 Å². The first kappa shape index (κ1) is 26.3. The van der Waals surface area contributed by atoms with Crippen LogP contribution in [-0.4, -0.2) is 78.4 Å². The molecular formula is C24H30F3N3O3S. The van der Waals surface area contributed by atoms with E-state index in [-0.39, 0.29) is 6.61 Å². The predicted octanol–water partition coefficient (Wildman–Crippen LogP) is 4.40. The van der Waals surface area contributed by atoms with Gasteiger partial charge in [-0.25, -0.2) is 0 Å². The largest absolute Gasteiger partial charge is 0.481 e. The van der Waals surface area contributed by atoms with Gasteiger partial charge in [-0.3, -0.25) is 9.69 Å². The van der Waals surface area contributed by atoms with Gasteiger partial charge in [0, 0.05) is 56.0 Å². The number of rotatable bonds is 6. The van der Waals surface area contributed by atoms with Gasteiger partial charge in [0.05, 0.1) is 23.5 Å². The number of benzene rings is 2. The number of nitrogens with zero attached hydrogens (tertiary/aromatic N) is 3. The fourth-order valence-electron chi connectivity index (χ4n) is 4.08. The number of alkyl halides is 3. The molecule has 0 unspecified atom stereocenters. The maximum Gasteiger partial charge on any atom is 0.416 e. The molecule has 4 rings (SSSR count). The highest BCUT2D eigenvalue weighted by molar-refractivity contribution is 7.99. The summed E-state index contributed by atoms with van der Waals surface area (Å²) in [7, 11) is 0. The van der Waals surface area contributed by atoms with Crippen LogP contribution in [0.5, 0.6) is 0 Å². The Morgan fingerprint density at radius 3 is 2.15 bits per heavy atom. The number of carbonyl (C=O) groups is 1. The second kappa shape index (κ2) is 11.9. The first-order valence-electron chi connectivity index (χ1n) is 11.2. The second-order valence-corrected chi connectivity index (χ2v) is 9.26. The summed E-state index contributed by atoms with van der Waals surface area (Å²) in [6, 6.07) is 11.9. The summed E-state index contributed by atoms with van der Waals surface area (Å²) in [5.74, 6) is -0.833. The molecule has 2 N–H and O–H groups in total. The van der Waals surface area contributed by atoms with Crippen molar-refractivity contribution in [1.82, 2.24) is 9.80 Å². The number of carboxylic acids is 1. The number of aliphatic hydroxyl groups excluding tert-OH is 1. The molecule has 0 aromatic heterocycles. The fraction of sp³-hybridized carbons (Fsp3) is 0.458. The third kappa shape index (κ3) is 7.11. The molecule has 2 aromatic carbocycles. The van der Waals surface area contributed by atoms with Crippen LogP contribution in [0, 0.1) is 0 Å². The third-order valence-corrected chi connectivity index (χ3v) is 6.82. The van der Waals surface area contributed by atoms with E-state index in [2.05, 4.69) is 9.80 Å². The number of halogens is 3. The van der Waals surface area contributed by atoms with Crippen molar-refractivity contribution in [2.75, 3.05) is 57.3 Å². The Balaban J connectivity index is 0.000000751. The lowest BCUT2D eigenvalue weighted by Crippen LogP contribution is -2.47. The minimum atomic E-state index is -4.35. The van der Waals surface area contributed by atoms with Crippen molar-refractivity contribution in [2.45, 2.75) is 29.3 Å². The molecule has 0 atom stereocenters. The number of carboxylic acid groups (broad SMARTS) is 1. The number of anilines is 2. The Morgan fingerprint density at radius 2 is 1.53 bits per heavy atom. The monoisotopic (exact) mass is 497 g/mol. The summed E-state index contributed by atoms with van der Waals surface area (Å²) in [5.41, 5.74) is 1.01. The first-order valence-corrected chi connectivity index (χ1v) is 12.0. The Hall–Kier alpha value is -2.27. The molecule has 1 fully saturated rings. The van der Waals surface area contributed by atoms with Gasteiger partial charge in [-0.2, -0.15) is 13.2 Å². The number of hydrogen-bond donors (Lipinski definition) is 2. The van der Waals surface area contributed by atoms with Gasteiger partial charge in [-0.05, 0) is 43.3 Å². The van der Waals surface area contributed by atoms with Crippen LogP contribution in [0.3, 0.4) is 0 Å². The molecule has 0 amide bonds. The predicted molar refractivity (Wildman–Crippen MR) is 127 cm³/mol. The molecule has 10 heteroatoms. The van der Waals surface area contributed by atoms with Gasteiger partial charge in [0.25, 0.3) is 5.97 Å². The first-order chi connectivity index (χ1) is 16.2. The molecule has 0 radical (unpaired) electrons. The lowest BCUT2D eigenvalue weighted by atomic mass is 10.1. The van der Waals surface area contributed by atoms with Crippen molar-refractivity contribution in [1.29, 1.82) is 0 Å². The number of fused-ring (bicyclic) bond motifs is 2. The van der Waals surface area contributed by atoms with E-state index in [0.717, 1.165) is 61.5 Å².